The Labute approximate surface area is 416 Å². The Morgan fingerprint density at radius 3 is 2.07 bits per heavy atom. The van der Waals surface area contributed by atoms with Gasteiger partial charge in [-0.2, -0.15) is 17.1 Å². The molecule has 0 radical (unpaired) electrons. The molecule has 67 heavy (non-hydrogen) atoms. The van der Waals surface area contributed by atoms with E-state index < -0.39 is 29.7 Å². The third-order valence-corrected chi connectivity index (χ3v) is 15.2. The number of methoxy groups -OCH3 is 1. The molecule has 5 heterocycles. The van der Waals surface area contributed by atoms with Gasteiger partial charge in [0.25, 0.3) is 0 Å². The van der Waals surface area contributed by atoms with Gasteiger partial charge in [0, 0.05) is 10.8 Å². The van der Waals surface area contributed by atoms with Crippen molar-refractivity contribution in [3.8, 4) is 0 Å². The molecule has 0 amide bonds. The number of carbonyl (C=O) groups is 2. The van der Waals surface area contributed by atoms with Crippen molar-refractivity contribution in [3.63, 3.8) is 0 Å². The fraction of sp³-hybridized carbons (Fsp3) is 0.636. The molecule has 6 rings (SSSR count). The third-order valence-electron chi connectivity index (χ3n) is 15.2. The summed E-state index contributed by atoms with van der Waals surface area (Å²) in [5.41, 5.74) is 4.66. The zero-order valence-electron chi connectivity index (χ0n) is 42.7. The minimum atomic E-state index is -2.55. The quantitative estimate of drug-likeness (QED) is 0.0363. The van der Waals surface area contributed by atoms with Crippen molar-refractivity contribution in [1.82, 2.24) is 9.97 Å². The summed E-state index contributed by atoms with van der Waals surface area (Å²) in [4.78, 5) is 37.0. The van der Waals surface area contributed by atoms with Crippen molar-refractivity contribution in [2.45, 2.75) is 171 Å². The number of fused-ring (bicyclic) bond motifs is 8. The maximum Gasteiger partial charge on any atom is 2.00 e. The van der Waals surface area contributed by atoms with Gasteiger partial charge in [-0.25, -0.2) is 4.79 Å². The van der Waals surface area contributed by atoms with Gasteiger partial charge in [0.05, 0.1) is 13.7 Å². The Kier molecular flexibility index (Phi) is 19.0. The summed E-state index contributed by atoms with van der Waals surface area (Å²) in [6.07, 6.45) is 19.4. The largest absolute Gasteiger partial charge is 2.00 e. The van der Waals surface area contributed by atoms with Crippen LogP contribution in [-0.2, 0) is 14.3 Å². The molecule has 9 atom stereocenters. The Balaban J connectivity index is 0.00000840. The fourth-order valence-corrected chi connectivity index (χ4v) is 11.0. The summed E-state index contributed by atoms with van der Waals surface area (Å²) in [6.45, 7) is 23.3. The Hall–Kier alpha value is -3.55. The standard InChI is InChI=1S/C55H79N4O7.Mg/c1-13-39-34(7)41-29-46-48(38(11)60)36(9)43(57-46)27-42-35(8)40(23-24-47(61)66-26-25-33(6)22-16-21-32(5)20-15-19-31(4)18-14-17-30(2)3)51(58-42)50-52-49(53(62)55(50,64)54(63)65-12)37(10)44(59-52)28-45(39)56-41;/h25,27-32,34-35,39-40,47,51,61,64H,13-24,26H2,1-12H3,(H2-,56,57,60,62);/q-3;+2/p-1/b33-25+,42-27-,45-28-;/t31-,32-,34-,35+,39-,40+,47+,51?,55+;/m1./s1. The van der Waals surface area contributed by atoms with E-state index in [0.717, 1.165) is 48.1 Å². The minimum Gasteiger partial charge on any atom is -0.681 e. The van der Waals surface area contributed by atoms with Crippen LogP contribution in [0.25, 0.3) is 40.2 Å². The number of nitrogens with zero attached hydrogens (tertiary/aromatic N) is 4. The van der Waals surface area contributed by atoms with E-state index in [2.05, 4.69) is 54.5 Å². The van der Waals surface area contributed by atoms with Gasteiger partial charge in [-0.05, 0) is 100 Å². The van der Waals surface area contributed by atoms with Crippen molar-refractivity contribution < 1.29 is 34.4 Å². The first-order valence-electron chi connectivity index (χ1n) is 24.9. The second kappa shape index (κ2) is 23.4. The molecule has 3 N–H and O–H groups in total. The summed E-state index contributed by atoms with van der Waals surface area (Å²) in [6, 6.07) is -0.857. The van der Waals surface area contributed by atoms with E-state index in [1.54, 1.807) is 6.92 Å². The number of rotatable bonds is 21. The molecule has 0 spiro atoms. The van der Waals surface area contributed by atoms with E-state index in [9.17, 15) is 24.9 Å². The SMILES string of the molecule is CC[C@H]1/C2=C/c3[n-]c4c(c3C)=C(O)[C@](O)(C(=O)OC)C=4C3[N-]/C(=C\c4[n-]c(c(C(C)=O)c4C)/C=C(\[N-]2)[C@@H]1C)[C@@H](C)[C@@H]3CC[C@@H](O)OC/C=C(\C)CCC[C@H](C)CCC[C@H](C)CCCC(C)C.[Mg+2]. The van der Waals surface area contributed by atoms with E-state index in [-0.39, 0.29) is 81.7 Å². The van der Waals surface area contributed by atoms with Crippen LogP contribution in [0.4, 0.5) is 0 Å². The van der Waals surface area contributed by atoms with Crippen LogP contribution in [0.15, 0.2) is 28.7 Å². The van der Waals surface area contributed by atoms with Gasteiger partial charge >= 0.3 is 29.0 Å². The number of aliphatic hydroxyl groups is 3. The number of hydrogen-bond donors (Lipinski definition) is 3. The predicted octanol–water partition coefficient (Wildman–Crippen LogP) is 10.1. The molecule has 8 bridgehead atoms. The third kappa shape index (κ3) is 11.7. The summed E-state index contributed by atoms with van der Waals surface area (Å²) < 4.78 is 11.1. The van der Waals surface area contributed by atoms with Crippen LogP contribution < -0.4 is 20.5 Å². The van der Waals surface area contributed by atoms with E-state index in [1.165, 1.54) is 57.6 Å². The summed E-state index contributed by atoms with van der Waals surface area (Å²) in [5.74, 6) is 0.0703. The van der Waals surface area contributed by atoms with E-state index in [4.69, 9.17) is 30.1 Å². The average Bonchev–Trinajstić information content (AvgIpc) is 3.99. The van der Waals surface area contributed by atoms with Crippen LogP contribution in [0, 0.1) is 55.3 Å². The first-order valence-corrected chi connectivity index (χ1v) is 24.9. The van der Waals surface area contributed by atoms with E-state index >= 15 is 0 Å². The van der Waals surface area contributed by atoms with Crippen LogP contribution in [0.1, 0.15) is 178 Å². The Bertz CT molecular complexity index is 2350. The molecule has 1 aliphatic carbocycles. The van der Waals surface area contributed by atoms with Crippen LogP contribution >= 0.6 is 0 Å². The topological polar surface area (TPSA) is 170 Å². The molecule has 0 saturated carbocycles. The van der Waals surface area contributed by atoms with Crippen molar-refractivity contribution in [3.05, 3.63) is 83.7 Å². The zero-order valence-corrected chi connectivity index (χ0v) is 44.1. The smallest absolute Gasteiger partial charge is 0.681 e. The molecule has 2 fully saturated rings. The number of hydrogen-bond acceptors (Lipinski definition) is 7. The zero-order chi connectivity index (χ0) is 48.2. The van der Waals surface area contributed by atoms with Gasteiger partial charge in [-0.15, -0.1) is 22.4 Å². The van der Waals surface area contributed by atoms with Gasteiger partial charge in [0.2, 0.25) is 5.60 Å². The van der Waals surface area contributed by atoms with Gasteiger partial charge in [0.1, 0.15) is 5.76 Å². The molecular weight excluding hydrogens is 853 g/mol. The molecule has 4 aliphatic rings. The van der Waals surface area contributed by atoms with Gasteiger partial charge in [-0.3, -0.25) is 4.79 Å². The Morgan fingerprint density at radius 1 is 0.836 bits per heavy atom. The molecule has 364 valence electrons. The molecule has 12 heteroatoms. The number of ketones is 1. The molecule has 2 aromatic heterocycles. The van der Waals surface area contributed by atoms with Crippen molar-refractivity contribution in [2.75, 3.05) is 13.7 Å². The molecule has 2 aromatic rings. The maximum absolute atomic E-state index is 13.7. The predicted molar refractivity (Wildman–Crippen MR) is 270 cm³/mol. The van der Waals surface area contributed by atoms with Crippen LogP contribution in [0.3, 0.4) is 0 Å². The molecule has 11 nitrogen and oxygen atoms in total. The van der Waals surface area contributed by atoms with Crippen molar-refractivity contribution in [2.24, 2.45) is 41.4 Å². The summed E-state index contributed by atoms with van der Waals surface area (Å²) in [5, 5.41) is 46.5. The number of aliphatic hydroxyl groups excluding tert-OH is 2. The number of allylic oxidation sites excluding steroid dienone is 4. The second-order valence-corrected chi connectivity index (χ2v) is 20.7. The molecule has 0 aromatic carbocycles. The van der Waals surface area contributed by atoms with Crippen LogP contribution in [0.2, 0.25) is 0 Å². The van der Waals surface area contributed by atoms with Gasteiger partial charge < -0.3 is 45.4 Å². The number of aromatic nitrogens is 2. The number of esters is 1. The molecule has 2 saturated heterocycles. The van der Waals surface area contributed by atoms with Gasteiger partial charge in [-0.1, -0.05) is 147 Å². The minimum absolute atomic E-state index is 0. The molecule has 1 unspecified atom stereocenters. The molecule has 3 aliphatic heterocycles. The number of Topliss-reactive ketones (excluding diaryl/α,β-unsaturated/α-hetero) is 1. The number of carbonyl (C=O) groups excluding carboxylic acids is 2. The fourth-order valence-electron chi connectivity index (χ4n) is 11.0. The van der Waals surface area contributed by atoms with Crippen LogP contribution in [0.5, 0.6) is 0 Å². The number of ether oxygens (including phenoxy) is 2. The molecular formula is C55H78MgN4O7-2. The maximum atomic E-state index is 13.7. The normalized spacial score (nSPS) is 27.0. The van der Waals surface area contributed by atoms with Crippen molar-refractivity contribution >= 4 is 64.4 Å². The summed E-state index contributed by atoms with van der Waals surface area (Å²) >= 11 is 0. The first kappa shape index (κ1) is 54.4. The Morgan fingerprint density at radius 2 is 1.45 bits per heavy atom. The van der Waals surface area contributed by atoms with Crippen LogP contribution in [-0.4, -0.2) is 81.8 Å². The van der Waals surface area contributed by atoms with Crippen molar-refractivity contribution in [1.29, 1.82) is 0 Å². The van der Waals surface area contributed by atoms with E-state index in [0.29, 0.717) is 46.2 Å². The summed E-state index contributed by atoms with van der Waals surface area (Å²) in [7, 11) is 1.18. The second-order valence-electron chi connectivity index (χ2n) is 20.7. The first-order chi connectivity index (χ1) is 31.3. The average molecular weight is 932 g/mol. The monoisotopic (exact) mass is 931 g/mol. The van der Waals surface area contributed by atoms with E-state index in [1.807, 2.05) is 39.0 Å². The van der Waals surface area contributed by atoms with Gasteiger partial charge in [0.15, 0.2) is 12.1 Å².